The molecule has 0 unspecified atom stereocenters. The summed E-state index contributed by atoms with van der Waals surface area (Å²) in [6, 6.07) is 1.55. The Morgan fingerprint density at radius 1 is 1.67 bits per heavy atom. The second-order valence-corrected chi connectivity index (χ2v) is 2.84. The summed E-state index contributed by atoms with van der Waals surface area (Å²) in [5, 5.41) is 16.6. The normalized spacial score (nSPS) is 10.1. The van der Waals surface area contributed by atoms with E-state index in [0.717, 1.165) is 6.20 Å². The lowest BCUT2D eigenvalue weighted by atomic mass is 10.1. The number of hydrogen-bond acceptors (Lipinski definition) is 3. The van der Waals surface area contributed by atoms with Crippen LogP contribution in [0.15, 0.2) is 6.20 Å². The molecule has 0 aliphatic heterocycles. The summed E-state index contributed by atoms with van der Waals surface area (Å²) in [5.74, 6) is -1.64. The molecule has 1 aromatic rings. The third-order valence-corrected chi connectivity index (χ3v) is 1.98. The largest absolute Gasteiger partial charge is 0.478 e. The highest BCUT2D eigenvalue weighted by atomic mass is 35.5. The van der Waals surface area contributed by atoms with Crippen LogP contribution in [0.25, 0.3) is 0 Å². The number of aromatic carboxylic acids is 1. The Bertz CT molecular complexity index is 457. The first-order chi connectivity index (χ1) is 6.99. The summed E-state index contributed by atoms with van der Waals surface area (Å²) in [6.45, 7) is 0. The summed E-state index contributed by atoms with van der Waals surface area (Å²) in [5.41, 5.74) is -2.02. The van der Waals surface area contributed by atoms with E-state index >= 15 is 0 Å². The molecule has 0 amide bonds. The molecule has 0 aromatic carbocycles. The van der Waals surface area contributed by atoms with Crippen LogP contribution in [0.5, 0.6) is 0 Å². The van der Waals surface area contributed by atoms with Gasteiger partial charge in [0, 0.05) is 6.20 Å². The predicted octanol–water partition coefficient (Wildman–Crippen LogP) is 2.24. The second kappa shape index (κ2) is 4.19. The lowest BCUT2D eigenvalue weighted by Gasteiger charge is -2.06. The Morgan fingerprint density at radius 3 is 2.67 bits per heavy atom. The third-order valence-electron chi connectivity index (χ3n) is 1.59. The average Bonchev–Trinajstić information content (AvgIpc) is 2.16. The van der Waals surface area contributed by atoms with Crippen LogP contribution in [0.3, 0.4) is 0 Å². The molecule has 1 aromatic heterocycles. The zero-order valence-electron chi connectivity index (χ0n) is 7.04. The van der Waals surface area contributed by atoms with Gasteiger partial charge in [-0.1, -0.05) is 11.6 Å². The van der Waals surface area contributed by atoms with Gasteiger partial charge in [-0.15, -0.1) is 0 Å². The van der Waals surface area contributed by atoms with Crippen LogP contribution in [0, 0.1) is 11.3 Å². The van der Waals surface area contributed by atoms with Gasteiger partial charge in [-0.05, 0) is 0 Å². The molecule has 0 fully saturated rings. The van der Waals surface area contributed by atoms with Gasteiger partial charge in [0.1, 0.15) is 17.3 Å². The maximum Gasteiger partial charge on any atom is 0.339 e. The maximum absolute atomic E-state index is 12.3. The SMILES string of the molecule is N#Cc1cnc(C(F)F)c(C(=O)O)c1Cl. The number of carboxylic acid groups (broad SMARTS) is 1. The Hall–Kier alpha value is -1.74. The molecular weight excluding hydrogens is 230 g/mol. The van der Waals surface area contributed by atoms with Crippen LogP contribution < -0.4 is 0 Å². The molecule has 1 N–H and O–H groups in total. The van der Waals surface area contributed by atoms with Gasteiger partial charge in [-0.2, -0.15) is 5.26 Å². The van der Waals surface area contributed by atoms with E-state index in [1.54, 1.807) is 6.07 Å². The number of carboxylic acids is 1. The van der Waals surface area contributed by atoms with Gasteiger partial charge in [0.05, 0.1) is 10.6 Å². The molecule has 15 heavy (non-hydrogen) atoms. The first-order valence-electron chi connectivity index (χ1n) is 3.59. The second-order valence-electron chi connectivity index (χ2n) is 2.46. The molecule has 7 heteroatoms. The molecule has 0 atom stereocenters. The van der Waals surface area contributed by atoms with E-state index in [0.29, 0.717) is 0 Å². The molecule has 0 aliphatic carbocycles. The summed E-state index contributed by atoms with van der Waals surface area (Å²) in [4.78, 5) is 13.8. The lowest BCUT2D eigenvalue weighted by Crippen LogP contribution is -2.07. The van der Waals surface area contributed by atoms with Crippen LogP contribution >= 0.6 is 11.6 Å². The fraction of sp³-hybridized carbons (Fsp3) is 0.125. The number of rotatable bonds is 2. The van der Waals surface area contributed by atoms with E-state index in [1.807, 2.05) is 0 Å². The van der Waals surface area contributed by atoms with Crippen molar-refractivity contribution in [2.75, 3.05) is 0 Å². The van der Waals surface area contributed by atoms with E-state index in [-0.39, 0.29) is 5.56 Å². The van der Waals surface area contributed by atoms with Gasteiger partial charge in [-0.3, -0.25) is 4.98 Å². The van der Waals surface area contributed by atoms with Crippen molar-refractivity contribution in [1.29, 1.82) is 5.26 Å². The molecule has 0 aliphatic rings. The van der Waals surface area contributed by atoms with E-state index in [4.69, 9.17) is 22.0 Å². The Balaban J connectivity index is 3.53. The van der Waals surface area contributed by atoms with Crippen molar-refractivity contribution in [2.24, 2.45) is 0 Å². The molecule has 0 saturated heterocycles. The molecule has 0 saturated carbocycles. The standard InChI is InChI=1S/C8H3ClF2N2O2/c9-5-3(1-12)2-13-6(7(10)11)4(5)8(14)15/h2,7H,(H,14,15). The molecule has 0 radical (unpaired) electrons. The van der Waals surface area contributed by atoms with Gasteiger partial charge in [0.15, 0.2) is 0 Å². The first-order valence-corrected chi connectivity index (χ1v) is 3.96. The van der Waals surface area contributed by atoms with E-state index < -0.39 is 28.7 Å². The van der Waals surface area contributed by atoms with Crippen molar-refractivity contribution in [2.45, 2.75) is 6.43 Å². The molecule has 4 nitrogen and oxygen atoms in total. The molecule has 1 rings (SSSR count). The maximum atomic E-state index is 12.3. The zero-order valence-corrected chi connectivity index (χ0v) is 7.79. The number of nitriles is 1. The predicted molar refractivity (Wildman–Crippen MR) is 45.9 cm³/mol. The van der Waals surface area contributed by atoms with Crippen LogP contribution in [-0.2, 0) is 0 Å². The number of aromatic nitrogens is 1. The van der Waals surface area contributed by atoms with Crippen molar-refractivity contribution in [3.8, 4) is 6.07 Å². The summed E-state index contributed by atoms with van der Waals surface area (Å²) in [7, 11) is 0. The van der Waals surface area contributed by atoms with Crippen molar-refractivity contribution in [3.05, 3.63) is 28.0 Å². The van der Waals surface area contributed by atoms with E-state index in [9.17, 15) is 13.6 Å². The lowest BCUT2D eigenvalue weighted by molar-refractivity contribution is 0.0682. The number of nitrogens with zero attached hydrogens (tertiary/aromatic N) is 2. The monoisotopic (exact) mass is 232 g/mol. The Morgan fingerprint density at radius 2 is 2.27 bits per heavy atom. The fourth-order valence-electron chi connectivity index (χ4n) is 0.949. The van der Waals surface area contributed by atoms with Crippen molar-refractivity contribution in [3.63, 3.8) is 0 Å². The highest BCUT2D eigenvalue weighted by Crippen LogP contribution is 2.28. The summed E-state index contributed by atoms with van der Waals surface area (Å²) in [6.07, 6.45) is -2.24. The highest BCUT2D eigenvalue weighted by Gasteiger charge is 2.24. The minimum absolute atomic E-state index is 0.251. The number of pyridine rings is 1. The Labute approximate surface area is 87.7 Å². The van der Waals surface area contributed by atoms with Gasteiger partial charge >= 0.3 is 5.97 Å². The van der Waals surface area contributed by atoms with Crippen LogP contribution in [0.1, 0.15) is 28.0 Å². The smallest absolute Gasteiger partial charge is 0.339 e. The molecule has 0 spiro atoms. The third kappa shape index (κ3) is 2.02. The number of alkyl halides is 2. The summed E-state index contributed by atoms with van der Waals surface area (Å²) < 4.78 is 24.7. The first kappa shape index (κ1) is 11.3. The van der Waals surface area contributed by atoms with E-state index in [1.165, 1.54) is 0 Å². The molecular formula is C8H3ClF2N2O2. The van der Waals surface area contributed by atoms with Gasteiger partial charge in [0.2, 0.25) is 0 Å². The number of halogens is 3. The van der Waals surface area contributed by atoms with E-state index in [2.05, 4.69) is 4.98 Å². The van der Waals surface area contributed by atoms with Crippen molar-refractivity contribution in [1.82, 2.24) is 4.98 Å². The molecule has 0 bridgehead atoms. The fourth-order valence-corrected chi connectivity index (χ4v) is 1.22. The summed E-state index contributed by atoms with van der Waals surface area (Å²) >= 11 is 5.48. The van der Waals surface area contributed by atoms with Gasteiger partial charge in [0.25, 0.3) is 6.43 Å². The minimum Gasteiger partial charge on any atom is -0.478 e. The van der Waals surface area contributed by atoms with Crippen molar-refractivity contribution >= 4 is 17.6 Å². The number of carbonyl (C=O) groups is 1. The average molecular weight is 233 g/mol. The van der Waals surface area contributed by atoms with Crippen LogP contribution in [0.2, 0.25) is 5.02 Å². The highest BCUT2D eigenvalue weighted by molar-refractivity contribution is 6.34. The molecule has 1 heterocycles. The number of hydrogen-bond donors (Lipinski definition) is 1. The minimum atomic E-state index is -3.05. The van der Waals surface area contributed by atoms with Crippen LogP contribution in [-0.4, -0.2) is 16.1 Å². The topological polar surface area (TPSA) is 74.0 Å². The van der Waals surface area contributed by atoms with Crippen molar-refractivity contribution < 1.29 is 18.7 Å². The van der Waals surface area contributed by atoms with Crippen LogP contribution in [0.4, 0.5) is 8.78 Å². The quantitative estimate of drug-likeness (QED) is 0.849. The Kier molecular flexibility index (Phi) is 3.17. The van der Waals surface area contributed by atoms with Gasteiger partial charge < -0.3 is 5.11 Å². The zero-order chi connectivity index (χ0) is 11.6. The molecule has 78 valence electrons. The van der Waals surface area contributed by atoms with Gasteiger partial charge in [-0.25, -0.2) is 13.6 Å².